The monoisotopic (exact) mass is 312 g/mol. The summed E-state index contributed by atoms with van der Waals surface area (Å²) in [5.74, 6) is 1.16. The van der Waals surface area contributed by atoms with Crippen LogP contribution >= 0.6 is 34.8 Å². The van der Waals surface area contributed by atoms with E-state index in [1.807, 2.05) is 12.1 Å². The van der Waals surface area contributed by atoms with Crippen molar-refractivity contribution in [2.24, 2.45) is 0 Å². The van der Waals surface area contributed by atoms with Gasteiger partial charge in [0, 0.05) is 10.9 Å². The highest BCUT2D eigenvalue weighted by Crippen LogP contribution is 2.39. The second kappa shape index (κ2) is 5.28. The number of rotatable bonds is 2. The molecule has 1 fully saturated rings. The lowest BCUT2D eigenvalue weighted by Gasteiger charge is -2.24. The standard InChI is InChI=1S/C14H11Cl3N2/c15-10-6-2-5-9(7-10)11-12(16)18-14(19-13(11)17)8-3-1-4-8/h2,5-8H,1,3-4H2. The zero-order chi connectivity index (χ0) is 13.4. The fourth-order valence-electron chi connectivity index (χ4n) is 2.15. The predicted molar refractivity (Wildman–Crippen MR) is 79.1 cm³/mol. The molecule has 0 amide bonds. The summed E-state index contributed by atoms with van der Waals surface area (Å²) in [7, 11) is 0. The molecule has 0 saturated heterocycles. The van der Waals surface area contributed by atoms with E-state index in [0.29, 0.717) is 26.8 Å². The Morgan fingerprint density at radius 2 is 1.68 bits per heavy atom. The molecule has 1 saturated carbocycles. The van der Waals surface area contributed by atoms with E-state index in [-0.39, 0.29) is 0 Å². The van der Waals surface area contributed by atoms with Gasteiger partial charge in [-0.25, -0.2) is 9.97 Å². The number of aromatic nitrogens is 2. The third-order valence-corrected chi connectivity index (χ3v) is 4.20. The summed E-state index contributed by atoms with van der Waals surface area (Å²) in [6.07, 6.45) is 3.45. The van der Waals surface area contributed by atoms with Crippen molar-refractivity contribution in [2.45, 2.75) is 25.2 Å². The Morgan fingerprint density at radius 1 is 1.00 bits per heavy atom. The van der Waals surface area contributed by atoms with Crippen molar-refractivity contribution < 1.29 is 0 Å². The second-order valence-electron chi connectivity index (χ2n) is 4.68. The highest BCUT2D eigenvalue weighted by atomic mass is 35.5. The van der Waals surface area contributed by atoms with Crippen LogP contribution in [0.2, 0.25) is 15.3 Å². The van der Waals surface area contributed by atoms with E-state index < -0.39 is 0 Å². The molecule has 1 heterocycles. The van der Waals surface area contributed by atoms with E-state index >= 15 is 0 Å². The Bertz CT molecular complexity index is 601. The smallest absolute Gasteiger partial charge is 0.142 e. The van der Waals surface area contributed by atoms with Gasteiger partial charge in [0.15, 0.2) is 0 Å². The summed E-state index contributed by atoms with van der Waals surface area (Å²) in [5, 5.41) is 1.42. The molecule has 0 radical (unpaired) electrons. The molecule has 1 aliphatic rings. The van der Waals surface area contributed by atoms with Crippen molar-refractivity contribution in [3.8, 4) is 11.1 Å². The highest BCUT2D eigenvalue weighted by molar-refractivity contribution is 6.38. The van der Waals surface area contributed by atoms with Gasteiger partial charge in [0.05, 0.1) is 5.56 Å². The number of halogens is 3. The zero-order valence-corrected chi connectivity index (χ0v) is 12.3. The van der Waals surface area contributed by atoms with Crippen LogP contribution in [0.15, 0.2) is 24.3 Å². The molecule has 1 aromatic carbocycles. The molecule has 0 spiro atoms. The number of benzene rings is 1. The molecular formula is C14H11Cl3N2. The van der Waals surface area contributed by atoms with Gasteiger partial charge in [0.25, 0.3) is 0 Å². The summed E-state index contributed by atoms with van der Waals surface area (Å²) in [6, 6.07) is 7.35. The lowest BCUT2D eigenvalue weighted by Crippen LogP contribution is -2.13. The van der Waals surface area contributed by atoms with Crippen molar-refractivity contribution in [2.75, 3.05) is 0 Å². The Hall–Kier alpha value is -0.830. The van der Waals surface area contributed by atoms with E-state index in [1.165, 1.54) is 6.42 Å². The first kappa shape index (κ1) is 13.2. The van der Waals surface area contributed by atoms with E-state index in [0.717, 1.165) is 24.2 Å². The molecule has 0 N–H and O–H groups in total. The molecule has 0 aliphatic heterocycles. The van der Waals surface area contributed by atoms with Crippen LogP contribution in [0.5, 0.6) is 0 Å². The van der Waals surface area contributed by atoms with Crippen LogP contribution in [0.3, 0.4) is 0 Å². The Morgan fingerprint density at radius 3 is 2.21 bits per heavy atom. The van der Waals surface area contributed by atoms with Gasteiger partial charge in [-0.1, -0.05) is 53.4 Å². The summed E-state index contributed by atoms with van der Waals surface area (Å²) in [4.78, 5) is 8.78. The first-order valence-electron chi connectivity index (χ1n) is 6.14. The lowest BCUT2D eigenvalue weighted by atomic mass is 9.85. The Balaban J connectivity index is 2.06. The van der Waals surface area contributed by atoms with Gasteiger partial charge in [-0.15, -0.1) is 0 Å². The molecule has 1 aromatic heterocycles. The largest absolute Gasteiger partial charge is 0.220 e. The van der Waals surface area contributed by atoms with Crippen LogP contribution in [-0.4, -0.2) is 9.97 Å². The molecule has 2 aromatic rings. The molecule has 3 rings (SSSR count). The van der Waals surface area contributed by atoms with Crippen molar-refractivity contribution in [1.29, 1.82) is 0 Å². The van der Waals surface area contributed by atoms with Crippen LogP contribution in [-0.2, 0) is 0 Å². The van der Waals surface area contributed by atoms with E-state index in [2.05, 4.69) is 9.97 Å². The van der Waals surface area contributed by atoms with Crippen molar-refractivity contribution in [3.63, 3.8) is 0 Å². The third kappa shape index (κ3) is 2.58. The molecule has 5 heteroatoms. The van der Waals surface area contributed by atoms with E-state index in [9.17, 15) is 0 Å². The minimum atomic E-state index is 0.393. The number of nitrogens with zero attached hydrogens (tertiary/aromatic N) is 2. The van der Waals surface area contributed by atoms with Crippen LogP contribution in [0, 0.1) is 0 Å². The topological polar surface area (TPSA) is 25.8 Å². The summed E-state index contributed by atoms with van der Waals surface area (Å²) < 4.78 is 0. The van der Waals surface area contributed by atoms with Crippen LogP contribution in [0.4, 0.5) is 0 Å². The Kier molecular flexibility index (Phi) is 3.66. The molecule has 98 valence electrons. The van der Waals surface area contributed by atoms with Gasteiger partial charge in [-0.2, -0.15) is 0 Å². The molecule has 2 nitrogen and oxygen atoms in total. The fraction of sp³-hybridized carbons (Fsp3) is 0.286. The second-order valence-corrected chi connectivity index (χ2v) is 5.83. The summed E-state index contributed by atoms with van der Waals surface area (Å²) in [5.41, 5.74) is 1.48. The molecule has 19 heavy (non-hydrogen) atoms. The van der Waals surface area contributed by atoms with Gasteiger partial charge in [-0.05, 0) is 30.5 Å². The lowest BCUT2D eigenvalue weighted by molar-refractivity contribution is 0.401. The number of hydrogen-bond donors (Lipinski definition) is 0. The quantitative estimate of drug-likeness (QED) is 0.696. The molecule has 0 atom stereocenters. The van der Waals surface area contributed by atoms with Gasteiger partial charge in [-0.3, -0.25) is 0 Å². The molecule has 0 bridgehead atoms. The van der Waals surface area contributed by atoms with Crippen LogP contribution in [0.1, 0.15) is 31.0 Å². The minimum absolute atomic E-state index is 0.393. The number of hydrogen-bond acceptors (Lipinski definition) is 2. The van der Waals surface area contributed by atoms with Crippen LogP contribution < -0.4 is 0 Å². The van der Waals surface area contributed by atoms with Gasteiger partial charge in [0.1, 0.15) is 16.1 Å². The van der Waals surface area contributed by atoms with Crippen molar-refractivity contribution in [1.82, 2.24) is 9.97 Å². The van der Waals surface area contributed by atoms with Crippen LogP contribution in [0.25, 0.3) is 11.1 Å². The predicted octanol–water partition coefficient (Wildman–Crippen LogP) is 5.37. The summed E-state index contributed by atoms with van der Waals surface area (Å²) in [6.45, 7) is 0. The maximum atomic E-state index is 6.27. The zero-order valence-electron chi connectivity index (χ0n) is 10.0. The first-order valence-corrected chi connectivity index (χ1v) is 7.27. The van der Waals surface area contributed by atoms with Gasteiger partial charge in [0.2, 0.25) is 0 Å². The molecule has 0 unspecified atom stereocenters. The minimum Gasteiger partial charge on any atom is -0.220 e. The highest BCUT2D eigenvalue weighted by Gasteiger charge is 2.24. The maximum Gasteiger partial charge on any atom is 0.142 e. The summed E-state index contributed by atoms with van der Waals surface area (Å²) >= 11 is 18.5. The maximum absolute atomic E-state index is 6.27. The third-order valence-electron chi connectivity index (χ3n) is 3.42. The van der Waals surface area contributed by atoms with E-state index in [1.54, 1.807) is 12.1 Å². The SMILES string of the molecule is Clc1cccc(-c2c(Cl)nc(C3CCC3)nc2Cl)c1. The normalized spacial score (nSPS) is 15.3. The van der Waals surface area contributed by atoms with Gasteiger partial charge < -0.3 is 0 Å². The van der Waals surface area contributed by atoms with Crippen molar-refractivity contribution in [3.05, 3.63) is 45.4 Å². The molecule has 1 aliphatic carbocycles. The van der Waals surface area contributed by atoms with Gasteiger partial charge >= 0.3 is 0 Å². The molecular weight excluding hydrogens is 303 g/mol. The average Bonchev–Trinajstić information content (AvgIpc) is 2.25. The van der Waals surface area contributed by atoms with E-state index in [4.69, 9.17) is 34.8 Å². The fourth-order valence-corrected chi connectivity index (χ4v) is 2.96. The first-order chi connectivity index (χ1) is 9.15. The average molecular weight is 314 g/mol. The van der Waals surface area contributed by atoms with Crippen molar-refractivity contribution >= 4 is 34.8 Å². The Labute approximate surface area is 126 Å².